The summed E-state index contributed by atoms with van der Waals surface area (Å²) >= 11 is 0. The maximum absolute atomic E-state index is 5.44. The van der Waals surface area contributed by atoms with E-state index in [0.29, 0.717) is 11.4 Å². The molecule has 0 aliphatic heterocycles. The van der Waals surface area contributed by atoms with E-state index < -0.39 is 0 Å². The number of hydrogen-bond donors (Lipinski definition) is 0. The van der Waals surface area contributed by atoms with Crippen molar-refractivity contribution >= 4 is 26.3 Å². The first-order chi connectivity index (χ1) is 5.18. The lowest BCUT2D eigenvalue weighted by Crippen LogP contribution is -2.28. The molecule has 1 rings (SSSR count). The van der Waals surface area contributed by atoms with Crippen molar-refractivity contribution in [3.05, 3.63) is 12.4 Å². The van der Waals surface area contributed by atoms with Gasteiger partial charge in [-0.15, -0.1) is 0 Å². The lowest BCUT2D eigenvalue weighted by atomic mass is 9.63. The van der Waals surface area contributed by atoms with Crippen molar-refractivity contribution < 1.29 is 0 Å². The van der Waals surface area contributed by atoms with Gasteiger partial charge in [-0.2, -0.15) is 0 Å². The van der Waals surface area contributed by atoms with E-state index in [2.05, 4.69) is 23.8 Å². The van der Waals surface area contributed by atoms with Gasteiger partial charge in [0.05, 0.1) is 0 Å². The first-order valence-corrected chi connectivity index (χ1v) is 3.61. The molecule has 53 valence electrons. The molecular weight excluding hydrogens is 134 g/mol. The molecule has 0 aliphatic rings. The summed E-state index contributed by atoms with van der Waals surface area (Å²) < 4.78 is 0. The van der Waals surface area contributed by atoms with Crippen LogP contribution in [0.4, 0.5) is 0 Å². The third-order valence-corrected chi connectivity index (χ3v) is 1.18. The molecule has 0 amide bonds. The number of hydrogen-bond acceptors (Lipinski definition) is 2. The molecule has 0 spiro atoms. The largest absolute Gasteiger partial charge is 0.277 e. The fourth-order valence-electron chi connectivity index (χ4n) is 0.819. The number of aromatic nitrogens is 2. The Morgan fingerprint density at radius 1 is 1.45 bits per heavy atom. The van der Waals surface area contributed by atoms with Gasteiger partial charge in [-0.1, -0.05) is 19.7 Å². The highest BCUT2D eigenvalue weighted by Gasteiger charge is 2.01. The van der Waals surface area contributed by atoms with Crippen LogP contribution in [0.3, 0.4) is 0 Å². The Kier molecular flexibility index (Phi) is 2.69. The second-order valence-corrected chi connectivity index (χ2v) is 2.78. The monoisotopic (exact) mass is 143 g/mol. The standard InChI is InChI=1S/C7H9B2N2/c1-5(2)9-7-4-10-3-6(8)11-7/h3-5H,1-2H3. The van der Waals surface area contributed by atoms with E-state index in [-0.39, 0.29) is 0 Å². The van der Waals surface area contributed by atoms with Crippen molar-refractivity contribution in [1.29, 1.82) is 0 Å². The molecule has 0 saturated carbocycles. The summed E-state index contributed by atoms with van der Waals surface area (Å²) in [5.74, 6) is 0.478. The molecule has 0 unspecified atom stereocenters. The minimum absolute atomic E-state index is 0.472. The van der Waals surface area contributed by atoms with Gasteiger partial charge in [-0.3, -0.25) is 9.97 Å². The maximum atomic E-state index is 5.44. The van der Waals surface area contributed by atoms with Crippen LogP contribution in [0.2, 0.25) is 5.82 Å². The quantitative estimate of drug-likeness (QED) is 0.517. The average Bonchev–Trinajstić information content (AvgIpc) is 1.85. The van der Waals surface area contributed by atoms with E-state index in [9.17, 15) is 0 Å². The van der Waals surface area contributed by atoms with Crippen LogP contribution in [0.25, 0.3) is 0 Å². The Hall–Kier alpha value is -0.790. The van der Waals surface area contributed by atoms with Crippen molar-refractivity contribution in [2.24, 2.45) is 0 Å². The van der Waals surface area contributed by atoms with Crippen LogP contribution in [-0.4, -0.2) is 25.1 Å². The molecule has 2 nitrogen and oxygen atoms in total. The van der Waals surface area contributed by atoms with E-state index in [1.54, 1.807) is 6.20 Å². The third-order valence-electron chi connectivity index (χ3n) is 1.18. The predicted octanol–water partition coefficient (Wildman–Crippen LogP) is -0.572. The third kappa shape index (κ3) is 2.74. The second kappa shape index (κ2) is 3.56. The van der Waals surface area contributed by atoms with E-state index >= 15 is 0 Å². The van der Waals surface area contributed by atoms with Crippen LogP contribution in [0.1, 0.15) is 13.8 Å². The summed E-state index contributed by atoms with van der Waals surface area (Å²) in [7, 11) is 7.46. The van der Waals surface area contributed by atoms with E-state index in [1.807, 2.05) is 7.28 Å². The van der Waals surface area contributed by atoms with Gasteiger partial charge < -0.3 is 0 Å². The van der Waals surface area contributed by atoms with Gasteiger partial charge in [0.25, 0.3) is 0 Å². The Morgan fingerprint density at radius 2 is 2.18 bits per heavy atom. The molecule has 0 aromatic carbocycles. The van der Waals surface area contributed by atoms with Crippen LogP contribution < -0.4 is 11.2 Å². The molecule has 0 atom stereocenters. The lowest BCUT2D eigenvalue weighted by Gasteiger charge is -2.01. The predicted molar refractivity (Wildman–Crippen MR) is 47.9 cm³/mol. The van der Waals surface area contributed by atoms with Crippen LogP contribution in [0.15, 0.2) is 12.4 Å². The van der Waals surface area contributed by atoms with Crippen LogP contribution in [-0.2, 0) is 0 Å². The fourth-order valence-corrected chi connectivity index (χ4v) is 0.819. The number of rotatable bonds is 2. The SMILES string of the molecule is [B]c1cncc([B]C(C)C)n1. The smallest absolute Gasteiger partial charge is 0.182 e. The lowest BCUT2D eigenvalue weighted by molar-refractivity contribution is 1.06. The highest BCUT2D eigenvalue weighted by atomic mass is 14.8. The van der Waals surface area contributed by atoms with Crippen molar-refractivity contribution in [2.75, 3.05) is 0 Å². The Bertz CT molecular complexity index is 238. The van der Waals surface area contributed by atoms with E-state index in [4.69, 9.17) is 7.85 Å². The average molecular weight is 143 g/mol. The normalized spacial score (nSPS) is 10.1. The fraction of sp³-hybridized carbons (Fsp3) is 0.429. The van der Waals surface area contributed by atoms with Crippen LogP contribution >= 0.6 is 0 Å². The summed E-state index contributed by atoms with van der Waals surface area (Å²) in [5, 5.41) is 0. The van der Waals surface area contributed by atoms with Gasteiger partial charge >= 0.3 is 0 Å². The number of nitrogens with zero attached hydrogens (tertiary/aromatic N) is 2. The van der Waals surface area contributed by atoms with E-state index in [1.165, 1.54) is 6.20 Å². The molecule has 11 heavy (non-hydrogen) atoms. The van der Waals surface area contributed by atoms with Gasteiger partial charge in [-0.05, 0) is 0 Å². The molecule has 0 N–H and O–H groups in total. The summed E-state index contributed by atoms with van der Waals surface area (Å²) in [6.07, 6.45) is 3.24. The van der Waals surface area contributed by atoms with Crippen molar-refractivity contribution in [1.82, 2.24) is 9.97 Å². The van der Waals surface area contributed by atoms with Crippen molar-refractivity contribution in [2.45, 2.75) is 19.7 Å². The zero-order chi connectivity index (χ0) is 8.27. The summed E-state index contributed by atoms with van der Waals surface area (Å²) in [6, 6.07) is 0. The van der Waals surface area contributed by atoms with Crippen molar-refractivity contribution in [3.8, 4) is 0 Å². The molecule has 1 aromatic heterocycles. The summed E-state index contributed by atoms with van der Waals surface area (Å²) in [4.78, 5) is 7.99. The molecule has 0 bridgehead atoms. The Labute approximate surface area is 69.1 Å². The summed E-state index contributed by atoms with van der Waals surface area (Å²) in [6.45, 7) is 4.18. The molecule has 3 radical (unpaired) electrons. The van der Waals surface area contributed by atoms with Crippen LogP contribution in [0, 0.1) is 0 Å². The van der Waals surface area contributed by atoms with Gasteiger partial charge in [0.2, 0.25) is 0 Å². The molecule has 0 saturated heterocycles. The van der Waals surface area contributed by atoms with Gasteiger partial charge in [0.15, 0.2) is 7.28 Å². The minimum atomic E-state index is 0.472. The first-order valence-electron chi connectivity index (χ1n) is 3.61. The summed E-state index contributed by atoms with van der Waals surface area (Å²) in [5.41, 5.74) is 1.32. The minimum Gasteiger partial charge on any atom is -0.277 e. The topological polar surface area (TPSA) is 25.8 Å². The highest BCUT2D eigenvalue weighted by Crippen LogP contribution is 1.93. The van der Waals surface area contributed by atoms with Gasteiger partial charge in [0.1, 0.15) is 7.85 Å². The zero-order valence-electron chi connectivity index (χ0n) is 6.78. The molecular formula is C7H9B2N2. The van der Waals surface area contributed by atoms with Gasteiger partial charge in [-0.25, -0.2) is 0 Å². The first kappa shape index (κ1) is 8.31. The Morgan fingerprint density at radius 3 is 2.73 bits per heavy atom. The van der Waals surface area contributed by atoms with Gasteiger partial charge in [0, 0.05) is 23.6 Å². The van der Waals surface area contributed by atoms with Crippen molar-refractivity contribution in [3.63, 3.8) is 0 Å². The highest BCUT2D eigenvalue weighted by molar-refractivity contribution is 6.53. The molecule has 4 heteroatoms. The second-order valence-electron chi connectivity index (χ2n) is 2.78. The molecule has 1 heterocycles. The zero-order valence-corrected chi connectivity index (χ0v) is 6.78. The van der Waals surface area contributed by atoms with Crippen LogP contribution in [0.5, 0.6) is 0 Å². The Balaban J connectivity index is 2.71. The molecule has 0 fully saturated rings. The maximum Gasteiger partial charge on any atom is 0.182 e. The molecule has 1 aromatic rings. The van der Waals surface area contributed by atoms with E-state index in [0.717, 1.165) is 5.59 Å². The molecule has 0 aliphatic carbocycles.